The Balaban J connectivity index is 1.92. The molecule has 0 aromatic rings. The predicted octanol–water partition coefficient (Wildman–Crippen LogP) is 2.92. The van der Waals surface area contributed by atoms with Crippen LogP contribution in [0.25, 0.3) is 0 Å². The molecule has 3 unspecified atom stereocenters. The number of hydrogen-bond acceptors (Lipinski definition) is 3. The summed E-state index contributed by atoms with van der Waals surface area (Å²) >= 11 is 0. The Morgan fingerprint density at radius 3 is 2.58 bits per heavy atom. The first kappa shape index (κ1) is 14.6. The van der Waals surface area contributed by atoms with Gasteiger partial charge in [-0.15, -0.1) is 0 Å². The molecule has 110 valence electrons. The van der Waals surface area contributed by atoms with Crippen molar-refractivity contribution in [3.8, 4) is 0 Å². The van der Waals surface area contributed by atoms with Gasteiger partial charge in [0, 0.05) is 13.1 Å². The van der Waals surface area contributed by atoms with Crippen LogP contribution in [0, 0.1) is 17.8 Å². The monoisotopic (exact) mass is 269 g/mol. The molecule has 1 saturated heterocycles. The van der Waals surface area contributed by atoms with Crippen molar-refractivity contribution >= 4 is 6.09 Å². The van der Waals surface area contributed by atoms with E-state index in [2.05, 4.69) is 20.8 Å². The van der Waals surface area contributed by atoms with Gasteiger partial charge < -0.3 is 14.4 Å². The Morgan fingerprint density at radius 1 is 1.26 bits per heavy atom. The van der Waals surface area contributed by atoms with Crippen LogP contribution in [0.2, 0.25) is 0 Å². The molecule has 2 fully saturated rings. The van der Waals surface area contributed by atoms with Crippen LogP contribution in [-0.2, 0) is 9.47 Å². The molecule has 2 rings (SSSR count). The lowest BCUT2D eigenvalue weighted by Crippen LogP contribution is -2.44. The van der Waals surface area contributed by atoms with Crippen molar-refractivity contribution in [3.05, 3.63) is 0 Å². The second-order valence-electron chi connectivity index (χ2n) is 6.35. The van der Waals surface area contributed by atoms with E-state index in [4.69, 9.17) is 9.47 Å². The molecule has 0 aromatic heterocycles. The van der Waals surface area contributed by atoms with E-state index in [1.165, 1.54) is 12.8 Å². The van der Waals surface area contributed by atoms with Gasteiger partial charge in [0.15, 0.2) is 0 Å². The third kappa shape index (κ3) is 3.85. The standard InChI is InChI=1S/C15H27NO3/c1-11(2)13-5-4-12(3)10-14(13)19-15(17)16-6-8-18-9-7-16/h11-14H,4-10H2,1-3H3. The number of hydrogen-bond donors (Lipinski definition) is 0. The maximum atomic E-state index is 12.2. The van der Waals surface area contributed by atoms with Crippen LogP contribution < -0.4 is 0 Å². The maximum absolute atomic E-state index is 12.2. The molecule has 1 aliphatic carbocycles. The summed E-state index contributed by atoms with van der Waals surface area (Å²) in [6.45, 7) is 9.30. The molecule has 19 heavy (non-hydrogen) atoms. The predicted molar refractivity (Wildman–Crippen MR) is 74.0 cm³/mol. The van der Waals surface area contributed by atoms with Crippen LogP contribution in [-0.4, -0.2) is 43.4 Å². The van der Waals surface area contributed by atoms with E-state index >= 15 is 0 Å². The van der Waals surface area contributed by atoms with E-state index in [-0.39, 0.29) is 12.2 Å². The lowest BCUT2D eigenvalue weighted by molar-refractivity contribution is -0.0268. The number of ether oxygens (including phenoxy) is 2. The number of carbonyl (C=O) groups is 1. The summed E-state index contributed by atoms with van der Waals surface area (Å²) in [5.74, 6) is 1.76. The largest absolute Gasteiger partial charge is 0.446 e. The van der Waals surface area contributed by atoms with Gasteiger partial charge in [-0.2, -0.15) is 0 Å². The maximum Gasteiger partial charge on any atom is 0.410 e. The van der Waals surface area contributed by atoms with Gasteiger partial charge >= 0.3 is 6.09 Å². The second kappa shape index (κ2) is 6.60. The number of rotatable bonds is 2. The molecule has 2 aliphatic rings. The highest BCUT2D eigenvalue weighted by Crippen LogP contribution is 2.35. The molecule has 1 heterocycles. The second-order valence-corrected chi connectivity index (χ2v) is 6.35. The fourth-order valence-electron chi connectivity index (χ4n) is 3.20. The van der Waals surface area contributed by atoms with Gasteiger partial charge in [0.25, 0.3) is 0 Å². The Morgan fingerprint density at radius 2 is 1.95 bits per heavy atom. The molecule has 1 aliphatic heterocycles. The van der Waals surface area contributed by atoms with Gasteiger partial charge in [-0.25, -0.2) is 4.79 Å². The molecule has 1 amide bonds. The zero-order valence-corrected chi connectivity index (χ0v) is 12.4. The number of carbonyl (C=O) groups excluding carboxylic acids is 1. The summed E-state index contributed by atoms with van der Waals surface area (Å²) in [4.78, 5) is 14.0. The van der Waals surface area contributed by atoms with Crippen LogP contribution in [0.3, 0.4) is 0 Å². The van der Waals surface area contributed by atoms with Crippen molar-refractivity contribution in [2.24, 2.45) is 17.8 Å². The van der Waals surface area contributed by atoms with Crippen molar-refractivity contribution in [1.82, 2.24) is 4.90 Å². The van der Waals surface area contributed by atoms with Gasteiger partial charge in [-0.3, -0.25) is 0 Å². The molecule has 4 heteroatoms. The molecule has 4 nitrogen and oxygen atoms in total. The van der Waals surface area contributed by atoms with E-state index in [9.17, 15) is 4.79 Å². The third-order valence-electron chi connectivity index (χ3n) is 4.48. The summed E-state index contributed by atoms with van der Waals surface area (Å²) in [5.41, 5.74) is 0. The normalized spacial score (nSPS) is 32.4. The zero-order chi connectivity index (χ0) is 13.8. The van der Waals surface area contributed by atoms with Crippen LogP contribution in [0.1, 0.15) is 40.0 Å². The lowest BCUT2D eigenvalue weighted by Gasteiger charge is -2.38. The molecular weight excluding hydrogens is 242 g/mol. The Hall–Kier alpha value is -0.770. The summed E-state index contributed by atoms with van der Waals surface area (Å²) in [5, 5.41) is 0. The van der Waals surface area contributed by atoms with Crippen LogP contribution in [0.5, 0.6) is 0 Å². The lowest BCUT2D eigenvalue weighted by atomic mass is 9.75. The Bertz CT molecular complexity index is 300. The summed E-state index contributed by atoms with van der Waals surface area (Å²) in [6.07, 6.45) is 3.40. The van der Waals surface area contributed by atoms with E-state index in [0.29, 0.717) is 44.1 Å². The van der Waals surface area contributed by atoms with Crippen molar-refractivity contribution in [2.75, 3.05) is 26.3 Å². The molecule has 0 spiro atoms. The highest BCUT2D eigenvalue weighted by molar-refractivity contribution is 5.68. The quantitative estimate of drug-likeness (QED) is 0.773. The van der Waals surface area contributed by atoms with Gasteiger partial charge in [0.1, 0.15) is 6.10 Å². The minimum atomic E-state index is -0.145. The van der Waals surface area contributed by atoms with Crippen molar-refractivity contribution < 1.29 is 14.3 Å². The fourth-order valence-corrected chi connectivity index (χ4v) is 3.20. The topological polar surface area (TPSA) is 38.8 Å². The van der Waals surface area contributed by atoms with Crippen molar-refractivity contribution in [1.29, 1.82) is 0 Å². The molecule has 1 saturated carbocycles. The average molecular weight is 269 g/mol. The number of morpholine rings is 1. The van der Waals surface area contributed by atoms with E-state index in [0.717, 1.165) is 6.42 Å². The molecule has 0 bridgehead atoms. The minimum absolute atomic E-state index is 0.0964. The molecular formula is C15H27NO3. The van der Waals surface area contributed by atoms with E-state index < -0.39 is 0 Å². The van der Waals surface area contributed by atoms with Crippen LogP contribution in [0.15, 0.2) is 0 Å². The first-order valence-electron chi connectivity index (χ1n) is 7.61. The molecule has 0 N–H and O–H groups in total. The Kier molecular flexibility index (Phi) is 5.08. The van der Waals surface area contributed by atoms with Gasteiger partial charge in [0.05, 0.1) is 13.2 Å². The highest BCUT2D eigenvalue weighted by atomic mass is 16.6. The molecule has 0 aromatic carbocycles. The summed E-state index contributed by atoms with van der Waals surface area (Å²) in [6, 6.07) is 0. The molecule has 3 atom stereocenters. The fraction of sp³-hybridized carbons (Fsp3) is 0.933. The smallest absolute Gasteiger partial charge is 0.410 e. The first-order chi connectivity index (χ1) is 9.08. The summed E-state index contributed by atoms with van der Waals surface area (Å²) < 4.78 is 11.1. The van der Waals surface area contributed by atoms with E-state index in [1.54, 1.807) is 4.90 Å². The SMILES string of the molecule is CC1CCC(C(C)C)C(OC(=O)N2CCOCC2)C1. The highest BCUT2D eigenvalue weighted by Gasteiger charge is 2.34. The van der Waals surface area contributed by atoms with E-state index in [1.807, 2.05) is 0 Å². The van der Waals surface area contributed by atoms with Crippen molar-refractivity contribution in [3.63, 3.8) is 0 Å². The first-order valence-corrected chi connectivity index (χ1v) is 7.61. The van der Waals surface area contributed by atoms with Crippen LogP contribution in [0.4, 0.5) is 4.79 Å². The Labute approximate surface area is 116 Å². The van der Waals surface area contributed by atoms with Gasteiger partial charge in [-0.05, 0) is 30.6 Å². The number of amides is 1. The van der Waals surface area contributed by atoms with Gasteiger partial charge in [0.2, 0.25) is 0 Å². The van der Waals surface area contributed by atoms with Crippen LogP contribution >= 0.6 is 0 Å². The minimum Gasteiger partial charge on any atom is -0.446 e. The zero-order valence-electron chi connectivity index (χ0n) is 12.4. The third-order valence-corrected chi connectivity index (χ3v) is 4.48. The summed E-state index contributed by atoms with van der Waals surface area (Å²) in [7, 11) is 0. The van der Waals surface area contributed by atoms with Gasteiger partial charge in [-0.1, -0.05) is 27.2 Å². The van der Waals surface area contributed by atoms with Crippen molar-refractivity contribution in [2.45, 2.75) is 46.1 Å². The molecule has 0 radical (unpaired) electrons. The average Bonchev–Trinajstić information content (AvgIpc) is 2.39. The number of nitrogens with zero attached hydrogens (tertiary/aromatic N) is 1.